The van der Waals surface area contributed by atoms with Crippen LogP contribution in [0.2, 0.25) is 0 Å². The van der Waals surface area contributed by atoms with Crippen LogP contribution in [0.4, 0.5) is 8.78 Å². The summed E-state index contributed by atoms with van der Waals surface area (Å²) in [6.45, 7) is 0. The number of hydrogen-bond donors (Lipinski definition) is 1. The molecular formula is C9H10ClF2N. The fourth-order valence-electron chi connectivity index (χ4n) is 1.10. The van der Waals surface area contributed by atoms with E-state index in [0.717, 1.165) is 18.2 Å². The summed E-state index contributed by atoms with van der Waals surface area (Å²) in [5.41, 5.74) is 0.262. The highest BCUT2D eigenvalue weighted by molar-refractivity contribution is 6.18. The van der Waals surface area contributed by atoms with E-state index in [2.05, 4.69) is 5.32 Å². The number of nitrogens with one attached hydrogen (secondary N) is 1. The van der Waals surface area contributed by atoms with Gasteiger partial charge in [0.1, 0.15) is 11.6 Å². The third kappa shape index (κ3) is 2.39. The molecule has 0 saturated heterocycles. The Bertz CT molecular complexity index is 287. The molecule has 1 aromatic carbocycles. The van der Waals surface area contributed by atoms with Gasteiger partial charge in [-0.3, -0.25) is 0 Å². The monoisotopic (exact) mass is 205 g/mol. The van der Waals surface area contributed by atoms with Gasteiger partial charge in [-0.05, 0) is 25.2 Å². The topological polar surface area (TPSA) is 12.0 Å². The van der Waals surface area contributed by atoms with Gasteiger partial charge in [0.25, 0.3) is 0 Å². The van der Waals surface area contributed by atoms with Crippen molar-refractivity contribution in [3.05, 3.63) is 35.4 Å². The molecule has 72 valence electrons. The van der Waals surface area contributed by atoms with Crippen molar-refractivity contribution >= 4 is 11.6 Å². The smallest absolute Gasteiger partial charge is 0.128 e. The maximum absolute atomic E-state index is 13.1. The molecule has 0 amide bonds. The molecule has 0 heterocycles. The van der Waals surface area contributed by atoms with E-state index < -0.39 is 11.6 Å². The molecule has 0 saturated carbocycles. The van der Waals surface area contributed by atoms with Crippen molar-refractivity contribution in [1.29, 1.82) is 0 Å². The lowest BCUT2D eigenvalue weighted by Gasteiger charge is -2.13. The summed E-state index contributed by atoms with van der Waals surface area (Å²) < 4.78 is 25.9. The molecule has 0 aromatic heterocycles. The van der Waals surface area contributed by atoms with Gasteiger partial charge in [0.2, 0.25) is 0 Å². The zero-order valence-corrected chi connectivity index (χ0v) is 7.91. The van der Waals surface area contributed by atoms with Crippen LogP contribution in [-0.2, 0) is 0 Å². The molecule has 1 rings (SSSR count). The summed E-state index contributed by atoms with van der Waals surface area (Å²) >= 11 is 5.57. The molecule has 0 radical (unpaired) electrons. The lowest BCUT2D eigenvalue weighted by Crippen LogP contribution is -2.19. The average molecular weight is 206 g/mol. The molecule has 0 aliphatic heterocycles. The molecule has 13 heavy (non-hydrogen) atoms. The van der Waals surface area contributed by atoms with Crippen LogP contribution >= 0.6 is 11.6 Å². The molecule has 0 aliphatic rings. The van der Waals surface area contributed by atoms with Gasteiger partial charge < -0.3 is 5.32 Å². The van der Waals surface area contributed by atoms with Gasteiger partial charge in [0, 0.05) is 17.5 Å². The molecule has 0 bridgehead atoms. The third-order valence-electron chi connectivity index (χ3n) is 1.84. The van der Waals surface area contributed by atoms with Crippen molar-refractivity contribution in [1.82, 2.24) is 5.32 Å². The number of halogens is 3. The van der Waals surface area contributed by atoms with Gasteiger partial charge in [0.05, 0.1) is 0 Å². The zero-order chi connectivity index (χ0) is 9.84. The van der Waals surface area contributed by atoms with Gasteiger partial charge in [-0.2, -0.15) is 0 Å². The van der Waals surface area contributed by atoms with Gasteiger partial charge in [-0.25, -0.2) is 8.78 Å². The highest BCUT2D eigenvalue weighted by Crippen LogP contribution is 2.18. The third-order valence-corrected chi connectivity index (χ3v) is 2.14. The summed E-state index contributed by atoms with van der Waals surface area (Å²) in [6, 6.07) is 2.98. The minimum Gasteiger partial charge on any atom is -0.312 e. The summed E-state index contributed by atoms with van der Waals surface area (Å²) in [6.07, 6.45) is 0. The second-order valence-electron chi connectivity index (χ2n) is 2.66. The van der Waals surface area contributed by atoms with E-state index in [1.54, 1.807) is 7.05 Å². The van der Waals surface area contributed by atoms with Crippen LogP contribution in [-0.4, -0.2) is 12.9 Å². The van der Waals surface area contributed by atoms with E-state index in [1.165, 1.54) is 0 Å². The Morgan fingerprint density at radius 2 is 2.15 bits per heavy atom. The van der Waals surface area contributed by atoms with Crippen LogP contribution in [0.25, 0.3) is 0 Å². The molecule has 0 spiro atoms. The number of rotatable bonds is 3. The Balaban J connectivity index is 3.03. The molecule has 4 heteroatoms. The number of benzene rings is 1. The first-order valence-corrected chi connectivity index (χ1v) is 4.40. The second-order valence-corrected chi connectivity index (χ2v) is 2.97. The van der Waals surface area contributed by atoms with Crippen LogP contribution in [0.3, 0.4) is 0 Å². The Morgan fingerprint density at radius 3 is 2.69 bits per heavy atom. The van der Waals surface area contributed by atoms with Crippen molar-refractivity contribution in [3.63, 3.8) is 0 Å². The maximum Gasteiger partial charge on any atom is 0.128 e. The predicted molar refractivity (Wildman–Crippen MR) is 48.9 cm³/mol. The number of alkyl halides is 1. The van der Waals surface area contributed by atoms with Gasteiger partial charge in [-0.1, -0.05) is 0 Å². The Kier molecular flexibility index (Phi) is 3.63. The Morgan fingerprint density at radius 1 is 1.46 bits per heavy atom. The Labute approximate surface area is 80.7 Å². The lowest BCUT2D eigenvalue weighted by atomic mass is 10.1. The minimum absolute atomic E-state index is 0.205. The van der Waals surface area contributed by atoms with E-state index in [1.807, 2.05) is 0 Å². The van der Waals surface area contributed by atoms with Gasteiger partial charge >= 0.3 is 0 Å². The van der Waals surface area contributed by atoms with Crippen LogP contribution in [0.1, 0.15) is 11.6 Å². The van der Waals surface area contributed by atoms with Gasteiger partial charge in [-0.15, -0.1) is 11.6 Å². The standard InChI is InChI=1S/C9H10ClF2N/c1-13-9(5-10)7-4-6(11)2-3-8(7)12/h2-4,9,13H,5H2,1H3. The summed E-state index contributed by atoms with van der Waals surface area (Å²) in [5, 5.41) is 2.80. The molecule has 1 aromatic rings. The van der Waals surface area contributed by atoms with Crippen molar-refractivity contribution in [2.75, 3.05) is 12.9 Å². The van der Waals surface area contributed by atoms with Crippen molar-refractivity contribution in [2.24, 2.45) is 0 Å². The molecule has 1 nitrogen and oxygen atoms in total. The largest absolute Gasteiger partial charge is 0.312 e. The van der Waals surface area contributed by atoms with Crippen LogP contribution < -0.4 is 5.32 Å². The summed E-state index contributed by atoms with van der Waals surface area (Å²) in [7, 11) is 1.65. The van der Waals surface area contributed by atoms with E-state index in [4.69, 9.17) is 11.6 Å². The normalized spacial score (nSPS) is 12.9. The van der Waals surface area contributed by atoms with Crippen LogP contribution in [0, 0.1) is 11.6 Å². The minimum atomic E-state index is -0.457. The first-order valence-electron chi connectivity index (χ1n) is 3.87. The van der Waals surface area contributed by atoms with E-state index in [0.29, 0.717) is 0 Å². The van der Waals surface area contributed by atoms with Gasteiger partial charge in [0.15, 0.2) is 0 Å². The van der Waals surface area contributed by atoms with E-state index in [9.17, 15) is 8.78 Å². The van der Waals surface area contributed by atoms with Crippen molar-refractivity contribution in [3.8, 4) is 0 Å². The van der Waals surface area contributed by atoms with Crippen molar-refractivity contribution in [2.45, 2.75) is 6.04 Å². The van der Waals surface area contributed by atoms with Crippen molar-refractivity contribution < 1.29 is 8.78 Å². The highest BCUT2D eigenvalue weighted by Gasteiger charge is 2.13. The highest BCUT2D eigenvalue weighted by atomic mass is 35.5. The molecule has 0 fully saturated rings. The SMILES string of the molecule is CNC(CCl)c1cc(F)ccc1F. The van der Waals surface area contributed by atoms with Crippen LogP contribution in [0.15, 0.2) is 18.2 Å². The molecular weight excluding hydrogens is 196 g/mol. The molecule has 1 unspecified atom stereocenters. The zero-order valence-electron chi connectivity index (χ0n) is 7.15. The van der Waals surface area contributed by atoms with E-state index in [-0.39, 0.29) is 17.5 Å². The second kappa shape index (κ2) is 4.53. The van der Waals surface area contributed by atoms with E-state index >= 15 is 0 Å². The van der Waals surface area contributed by atoms with Crippen LogP contribution in [0.5, 0.6) is 0 Å². The molecule has 0 aliphatic carbocycles. The number of hydrogen-bond acceptors (Lipinski definition) is 1. The quantitative estimate of drug-likeness (QED) is 0.748. The summed E-state index contributed by atoms with van der Waals surface area (Å²) in [5.74, 6) is -0.695. The first-order chi connectivity index (χ1) is 6.19. The Hall–Kier alpha value is -0.670. The molecule has 1 N–H and O–H groups in total. The summed E-state index contributed by atoms with van der Waals surface area (Å²) in [4.78, 5) is 0. The average Bonchev–Trinajstić information content (AvgIpc) is 2.13. The predicted octanol–water partition coefficient (Wildman–Crippen LogP) is 2.46. The fraction of sp³-hybridized carbons (Fsp3) is 0.333. The molecule has 1 atom stereocenters. The lowest BCUT2D eigenvalue weighted by molar-refractivity contribution is 0.548. The first kappa shape index (κ1) is 10.4. The fourth-order valence-corrected chi connectivity index (χ4v) is 1.42. The maximum atomic E-state index is 13.1.